The number of ether oxygens (including phenoxy) is 1. The van der Waals surface area contributed by atoms with Gasteiger partial charge in [-0.15, -0.1) is 0 Å². The van der Waals surface area contributed by atoms with Gasteiger partial charge in [-0.1, -0.05) is 0 Å². The van der Waals surface area contributed by atoms with E-state index < -0.39 is 58.0 Å². The number of primary amides is 1. The van der Waals surface area contributed by atoms with Gasteiger partial charge in [-0.05, 0) is 44.5 Å². The van der Waals surface area contributed by atoms with Gasteiger partial charge in [-0.2, -0.15) is 0 Å². The molecule has 2 amide bonds. The van der Waals surface area contributed by atoms with Crippen LogP contribution in [0.15, 0.2) is 23.0 Å². The van der Waals surface area contributed by atoms with E-state index in [2.05, 4.69) is 5.32 Å². The molecule has 0 aromatic heterocycles. The van der Waals surface area contributed by atoms with E-state index in [9.17, 15) is 34.5 Å². The van der Waals surface area contributed by atoms with E-state index >= 15 is 0 Å². The number of nitrogens with two attached hydrogens (primary N) is 1. The molecule has 12 heteroatoms. The van der Waals surface area contributed by atoms with Crippen LogP contribution in [0.4, 0.5) is 11.4 Å². The Morgan fingerprint density at radius 3 is 2.46 bits per heavy atom. The van der Waals surface area contributed by atoms with Crippen molar-refractivity contribution in [3.05, 3.63) is 34.1 Å². The summed E-state index contributed by atoms with van der Waals surface area (Å²) < 4.78 is 5.65. The van der Waals surface area contributed by atoms with Gasteiger partial charge in [0.2, 0.25) is 5.78 Å². The molecule has 0 bridgehead atoms. The molecule has 12 nitrogen and oxygen atoms in total. The molecule has 1 heterocycles. The highest BCUT2D eigenvalue weighted by Gasteiger charge is 2.64. The first-order valence-corrected chi connectivity index (χ1v) is 11.7. The molecule has 1 aromatic rings. The maximum absolute atomic E-state index is 14.0. The number of carbonyl (C=O) groups is 4. The number of anilines is 2. The number of nitrogens with one attached hydrogen (secondary N) is 1. The zero-order valence-corrected chi connectivity index (χ0v) is 20.8. The second kappa shape index (κ2) is 8.05. The minimum absolute atomic E-state index is 0.0489. The van der Waals surface area contributed by atoms with Crippen molar-refractivity contribution in [2.75, 3.05) is 45.0 Å². The monoisotopic (exact) mass is 512 g/mol. The molecular formula is C25H28N4O8. The Morgan fingerprint density at radius 2 is 1.86 bits per heavy atom. The molecule has 196 valence electrons. The third kappa shape index (κ3) is 3.22. The second-order valence-corrected chi connectivity index (χ2v) is 10.3. The molecular weight excluding hydrogens is 484 g/mol. The Morgan fingerprint density at radius 1 is 1.19 bits per heavy atom. The van der Waals surface area contributed by atoms with Gasteiger partial charge in [0, 0.05) is 31.3 Å². The van der Waals surface area contributed by atoms with Crippen molar-refractivity contribution in [3.8, 4) is 5.75 Å². The van der Waals surface area contributed by atoms with Gasteiger partial charge < -0.3 is 36.0 Å². The number of hydrogen-bond donors (Lipinski definition) is 5. The molecule has 4 atom stereocenters. The lowest BCUT2D eigenvalue weighted by Crippen LogP contribution is -2.65. The topological polar surface area (TPSA) is 183 Å². The van der Waals surface area contributed by atoms with Gasteiger partial charge in [-0.25, -0.2) is 0 Å². The van der Waals surface area contributed by atoms with Crippen molar-refractivity contribution in [3.63, 3.8) is 0 Å². The summed E-state index contributed by atoms with van der Waals surface area (Å²) in [4.78, 5) is 54.5. The molecule has 37 heavy (non-hydrogen) atoms. The first kappa shape index (κ1) is 24.8. The number of hydrogen-bond acceptors (Lipinski definition) is 10. The number of Topliss-reactive ketones (excluding diaryl/α,β-unsaturated/α-hetero) is 2. The molecule has 1 saturated carbocycles. The van der Waals surface area contributed by atoms with Crippen LogP contribution in [-0.2, 0) is 25.6 Å². The average molecular weight is 513 g/mol. The summed E-state index contributed by atoms with van der Waals surface area (Å²) in [5, 5.41) is 36.9. The predicted molar refractivity (Wildman–Crippen MR) is 131 cm³/mol. The Bertz CT molecular complexity index is 1360. The van der Waals surface area contributed by atoms with Gasteiger partial charge in [0.25, 0.3) is 11.8 Å². The summed E-state index contributed by atoms with van der Waals surface area (Å²) in [5.41, 5.74) is 3.60. The van der Waals surface area contributed by atoms with Crippen LogP contribution in [0.25, 0.3) is 5.76 Å². The zero-order valence-electron chi connectivity index (χ0n) is 20.8. The van der Waals surface area contributed by atoms with E-state index in [0.717, 1.165) is 0 Å². The normalized spacial score (nSPS) is 28.7. The molecule has 4 aliphatic rings. The molecule has 1 unspecified atom stereocenters. The first-order chi connectivity index (χ1) is 17.3. The Labute approximate surface area is 212 Å². The fraction of sp³-hybridized carbons (Fsp3) is 0.440. The number of likely N-dealkylation sites (N-methyl/N-ethyl adjacent to an activating group) is 1. The number of amides is 2. The molecule has 5 rings (SSSR count). The van der Waals surface area contributed by atoms with Crippen LogP contribution >= 0.6 is 0 Å². The van der Waals surface area contributed by atoms with Gasteiger partial charge in [-0.3, -0.25) is 24.1 Å². The summed E-state index contributed by atoms with van der Waals surface area (Å²) in [6, 6.07) is 0.609. The summed E-state index contributed by atoms with van der Waals surface area (Å²) in [5.74, 6) is -6.53. The zero-order chi connectivity index (χ0) is 27.1. The first-order valence-electron chi connectivity index (χ1n) is 11.7. The predicted octanol–water partition coefficient (Wildman–Crippen LogP) is -0.345. The Hall–Kier alpha value is -3.90. The maximum Gasteiger partial charge on any atom is 0.262 e. The smallest absolute Gasteiger partial charge is 0.262 e. The average Bonchev–Trinajstić information content (AvgIpc) is 2.80. The van der Waals surface area contributed by atoms with E-state index in [0.29, 0.717) is 16.9 Å². The molecule has 3 aliphatic carbocycles. The molecule has 0 saturated heterocycles. The SMILES string of the molecule is CN(C)c1cc2c(c3c1CC1C[C@H]4[C@H](N(C)C)C(=O)C(C(N)=O)=C(O)[C@@]4(O)C(=O)C1=C3O)OCC(=O)N2. The number of aliphatic hydroxyl groups excluding tert-OH is 2. The van der Waals surface area contributed by atoms with Crippen molar-refractivity contribution in [1.82, 2.24) is 4.90 Å². The number of rotatable bonds is 3. The van der Waals surface area contributed by atoms with E-state index in [-0.39, 0.29) is 42.2 Å². The van der Waals surface area contributed by atoms with Crippen LogP contribution in [0, 0.1) is 11.8 Å². The van der Waals surface area contributed by atoms with Gasteiger partial charge in [0.1, 0.15) is 17.1 Å². The fourth-order valence-electron chi connectivity index (χ4n) is 6.24. The van der Waals surface area contributed by atoms with Crippen molar-refractivity contribution < 1.29 is 39.2 Å². The number of carbonyl (C=O) groups excluding carboxylic acids is 4. The molecule has 0 radical (unpaired) electrons. The van der Waals surface area contributed by atoms with Crippen LogP contribution in [0.1, 0.15) is 17.5 Å². The van der Waals surface area contributed by atoms with Crippen molar-refractivity contribution in [2.45, 2.75) is 24.5 Å². The standard InChI is InChI=1S/C25H28N4O8/c1-28(2)13-7-12-21(37-8-14(30)27-12)16-10(13)5-9-6-11-18(29(3)4)20(32)17(24(26)35)23(34)25(11,36)22(33)15(9)19(16)31/h7,9,11,18,31,34,36H,5-6,8H2,1-4H3,(H2,26,35)(H,27,30)/t9?,11-,18-,25-/m0/s1. The molecule has 6 N–H and O–H groups in total. The van der Waals surface area contributed by atoms with Crippen molar-refractivity contribution in [2.24, 2.45) is 17.6 Å². The number of fused-ring (bicyclic) bond motifs is 5. The quantitative estimate of drug-likeness (QED) is 0.336. The summed E-state index contributed by atoms with van der Waals surface area (Å²) >= 11 is 0. The largest absolute Gasteiger partial charge is 0.508 e. The minimum atomic E-state index is -2.65. The number of aliphatic hydroxyl groups is 3. The van der Waals surface area contributed by atoms with Crippen molar-refractivity contribution in [1.29, 1.82) is 0 Å². The second-order valence-electron chi connectivity index (χ2n) is 10.3. The maximum atomic E-state index is 14.0. The van der Waals surface area contributed by atoms with Crippen LogP contribution in [0.2, 0.25) is 0 Å². The number of benzene rings is 1. The molecule has 1 aromatic carbocycles. The van der Waals surface area contributed by atoms with Crippen molar-refractivity contribution >= 4 is 40.5 Å². The van der Waals surface area contributed by atoms with Gasteiger partial charge >= 0.3 is 0 Å². The lowest BCUT2D eigenvalue weighted by atomic mass is 9.57. The molecule has 1 fully saturated rings. The van der Waals surface area contributed by atoms with Crippen LogP contribution in [0.5, 0.6) is 5.75 Å². The van der Waals surface area contributed by atoms with Gasteiger partial charge in [0.05, 0.1) is 17.3 Å². The minimum Gasteiger partial charge on any atom is -0.508 e. The highest BCUT2D eigenvalue weighted by molar-refractivity contribution is 6.24. The van der Waals surface area contributed by atoms with Crippen LogP contribution in [-0.4, -0.2) is 90.0 Å². The third-order valence-corrected chi connectivity index (χ3v) is 7.78. The van der Waals surface area contributed by atoms with E-state index in [1.54, 1.807) is 39.2 Å². The van der Waals surface area contributed by atoms with E-state index in [1.807, 2.05) is 0 Å². The highest BCUT2D eigenvalue weighted by atomic mass is 16.5. The fourth-order valence-corrected chi connectivity index (χ4v) is 6.24. The van der Waals surface area contributed by atoms with E-state index in [1.165, 1.54) is 4.90 Å². The van der Waals surface area contributed by atoms with Crippen LogP contribution in [0.3, 0.4) is 0 Å². The summed E-state index contributed by atoms with van der Waals surface area (Å²) in [6.07, 6.45) is 0.306. The lowest BCUT2D eigenvalue weighted by molar-refractivity contribution is -0.153. The molecule has 1 aliphatic heterocycles. The lowest BCUT2D eigenvalue weighted by Gasteiger charge is -2.50. The highest BCUT2D eigenvalue weighted by Crippen LogP contribution is 2.55. The van der Waals surface area contributed by atoms with Gasteiger partial charge in [0.15, 0.2) is 23.7 Å². The molecule has 0 spiro atoms. The summed E-state index contributed by atoms with van der Waals surface area (Å²) in [7, 11) is 6.72. The summed E-state index contributed by atoms with van der Waals surface area (Å²) in [6.45, 7) is -0.287. The van der Waals surface area contributed by atoms with Crippen LogP contribution < -0.4 is 20.7 Å². The Kier molecular flexibility index (Phi) is 5.39. The number of ketones is 2. The third-order valence-electron chi connectivity index (χ3n) is 7.78. The van der Waals surface area contributed by atoms with E-state index in [4.69, 9.17) is 10.5 Å². The number of nitrogens with zero attached hydrogens (tertiary/aromatic N) is 2. The Balaban J connectivity index is 1.77.